The average Bonchev–Trinajstić information content (AvgIpc) is 2.90. The SMILES string of the molecule is CCO[Si](CCCNC(=O)c1ccc(C(=O)NCCC[Si](OCC)(OCC)OCC)cc1)(OCC)OCC. The minimum Gasteiger partial charge on any atom is -0.374 e. The van der Waals surface area contributed by atoms with Gasteiger partial charge in [0, 0.05) is 75.9 Å². The van der Waals surface area contributed by atoms with Gasteiger partial charge >= 0.3 is 17.6 Å². The van der Waals surface area contributed by atoms with Crippen molar-refractivity contribution in [1.29, 1.82) is 0 Å². The molecule has 1 rings (SSSR count). The van der Waals surface area contributed by atoms with Crippen molar-refractivity contribution in [2.75, 3.05) is 52.7 Å². The third-order valence-corrected chi connectivity index (χ3v) is 11.8. The maximum atomic E-state index is 12.6. The van der Waals surface area contributed by atoms with Crippen LogP contribution in [0.15, 0.2) is 24.3 Å². The molecule has 0 radical (unpaired) electrons. The van der Waals surface area contributed by atoms with E-state index in [0.29, 0.717) is 88.8 Å². The highest BCUT2D eigenvalue weighted by atomic mass is 28.4. The van der Waals surface area contributed by atoms with Crippen LogP contribution in [-0.2, 0) is 26.6 Å². The van der Waals surface area contributed by atoms with Crippen LogP contribution in [0.4, 0.5) is 0 Å². The van der Waals surface area contributed by atoms with Gasteiger partial charge in [0.25, 0.3) is 11.8 Å². The highest BCUT2D eigenvalue weighted by Crippen LogP contribution is 2.19. The summed E-state index contributed by atoms with van der Waals surface area (Å²) >= 11 is 0. The quantitative estimate of drug-likeness (QED) is 0.158. The molecule has 0 saturated carbocycles. The minimum absolute atomic E-state index is 0.197. The lowest BCUT2D eigenvalue weighted by Gasteiger charge is -2.28. The molecule has 2 N–H and O–H groups in total. The van der Waals surface area contributed by atoms with E-state index in [0.717, 1.165) is 0 Å². The Morgan fingerprint density at radius 3 is 1.05 bits per heavy atom. The molecule has 0 fully saturated rings. The zero-order valence-corrected chi connectivity index (χ0v) is 26.1. The van der Waals surface area contributed by atoms with Crippen molar-refractivity contribution in [3.05, 3.63) is 35.4 Å². The van der Waals surface area contributed by atoms with Gasteiger partial charge in [0.2, 0.25) is 0 Å². The van der Waals surface area contributed by atoms with Gasteiger partial charge in [-0.15, -0.1) is 0 Å². The summed E-state index contributed by atoms with van der Waals surface area (Å²) in [6.07, 6.45) is 1.36. The standard InChI is InChI=1S/C26H48N2O8Si2/c1-7-31-37(32-8-2,33-9-3)21-13-19-27-25(29)23-15-17-24(18-16-23)26(30)28-20-14-22-38(34-10-4,35-11-5)36-12-6/h15-18H,7-14,19-22H2,1-6H3,(H,27,29)(H,28,30). The Hall–Kier alpha value is -1.65. The Balaban J connectivity index is 2.53. The molecule has 0 heterocycles. The van der Waals surface area contributed by atoms with Gasteiger partial charge in [-0.25, -0.2) is 0 Å². The van der Waals surface area contributed by atoms with Crippen molar-refractivity contribution in [3.8, 4) is 0 Å². The number of carbonyl (C=O) groups is 2. The van der Waals surface area contributed by atoms with Crippen LogP contribution in [0.5, 0.6) is 0 Å². The van der Waals surface area contributed by atoms with Gasteiger partial charge < -0.3 is 37.2 Å². The first-order valence-electron chi connectivity index (χ1n) is 13.8. The average molecular weight is 573 g/mol. The summed E-state index contributed by atoms with van der Waals surface area (Å²) in [7, 11) is -5.44. The summed E-state index contributed by atoms with van der Waals surface area (Å²) in [4.78, 5) is 25.1. The number of rotatable bonds is 22. The molecule has 1 aromatic rings. The third-order valence-electron chi connectivity index (χ3n) is 5.49. The van der Waals surface area contributed by atoms with Gasteiger partial charge in [0.05, 0.1) is 0 Å². The zero-order valence-electron chi connectivity index (χ0n) is 24.1. The lowest BCUT2D eigenvalue weighted by Crippen LogP contribution is -2.46. The molecule has 0 aliphatic carbocycles. The molecule has 0 unspecified atom stereocenters. The van der Waals surface area contributed by atoms with E-state index in [2.05, 4.69) is 10.6 Å². The molecule has 0 spiro atoms. The fraction of sp³-hybridized carbons (Fsp3) is 0.692. The third kappa shape index (κ3) is 12.0. The first kappa shape index (κ1) is 34.4. The second-order valence-corrected chi connectivity index (χ2v) is 13.7. The van der Waals surface area contributed by atoms with Gasteiger partial charge in [0.1, 0.15) is 0 Å². The van der Waals surface area contributed by atoms with E-state index in [9.17, 15) is 9.59 Å². The van der Waals surface area contributed by atoms with E-state index in [1.165, 1.54) is 0 Å². The van der Waals surface area contributed by atoms with Crippen LogP contribution in [0.2, 0.25) is 12.1 Å². The fourth-order valence-electron chi connectivity index (χ4n) is 3.99. The zero-order chi connectivity index (χ0) is 28.3. The summed E-state index contributed by atoms with van der Waals surface area (Å²) in [5, 5.41) is 5.84. The van der Waals surface area contributed by atoms with Crippen LogP contribution in [0.25, 0.3) is 0 Å². The van der Waals surface area contributed by atoms with Gasteiger partial charge in [-0.3, -0.25) is 9.59 Å². The topological polar surface area (TPSA) is 114 Å². The smallest absolute Gasteiger partial charge is 0.374 e. The van der Waals surface area contributed by atoms with Crippen LogP contribution in [0.3, 0.4) is 0 Å². The van der Waals surface area contributed by atoms with Crippen LogP contribution in [0.1, 0.15) is 75.1 Å². The Morgan fingerprint density at radius 1 is 0.553 bits per heavy atom. The second kappa shape index (κ2) is 19.4. The predicted molar refractivity (Wildman–Crippen MR) is 151 cm³/mol. The summed E-state index contributed by atoms with van der Waals surface area (Å²) in [6, 6.07) is 7.88. The number of benzene rings is 1. The molecule has 0 bridgehead atoms. The van der Waals surface area contributed by atoms with Crippen LogP contribution in [-0.4, -0.2) is 82.2 Å². The number of nitrogens with one attached hydrogen (secondary N) is 2. The molecule has 38 heavy (non-hydrogen) atoms. The molecule has 12 heteroatoms. The lowest BCUT2D eigenvalue weighted by molar-refractivity contribution is 0.0698. The summed E-state index contributed by atoms with van der Waals surface area (Å²) in [6.45, 7) is 15.6. The molecule has 10 nitrogen and oxygen atoms in total. The van der Waals surface area contributed by atoms with E-state index in [-0.39, 0.29) is 11.8 Å². The maximum Gasteiger partial charge on any atom is 0.500 e. The highest BCUT2D eigenvalue weighted by molar-refractivity contribution is 6.61. The van der Waals surface area contributed by atoms with Gasteiger partial charge in [-0.05, 0) is 78.6 Å². The number of amides is 2. The summed E-state index contributed by atoms with van der Waals surface area (Å²) < 4.78 is 35.1. The Labute approximate surface area is 230 Å². The number of carbonyl (C=O) groups excluding carboxylic acids is 2. The Morgan fingerprint density at radius 2 is 0.816 bits per heavy atom. The monoisotopic (exact) mass is 572 g/mol. The minimum atomic E-state index is -2.72. The van der Waals surface area contributed by atoms with E-state index in [4.69, 9.17) is 26.6 Å². The first-order valence-corrected chi connectivity index (χ1v) is 17.7. The van der Waals surface area contributed by atoms with E-state index in [1.807, 2.05) is 41.5 Å². The molecule has 0 aliphatic heterocycles. The molecular weight excluding hydrogens is 524 g/mol. The molecule has 0 saturated heterocycles. The maximum absolute atomic E-state index is 12.6. The molecule has 1 aromatic carbocycles. The van der Waals surface area contributed by atoms with Crippen molar-refractivity contribution >= 4 is 29.4 Å². The van der Waals surface area contributed by atoms with Gasteiger partial charge in [-0.1, -0.05) is 0 Å². The van der Waals surface area contributed by atoms with E-state index < -0.39 is 17.6 Å². The van der Waals surface area contributed by atoms with Crippen LogP contribution in [0, 0.1) is 0 Å². The van der Waals surface area contributed by atoms with Gasteiger partial charge in [-0.2, -0.15) is 0 Å². The Kier molecular flexibility index (Phi) is 17.6. The molecule has 0 atom stereocenters. The molecular formula is C26H48N2O8Si2. The normalized spacial score (nSPS) is 11.9. The second-order valence-electron chi connectivity index (χ2n) is 8.26. The summed E-state index contributed by atoms with van der Waals surface area (Å²) in [5.74, 6) is -0.393. The van der Waals surface area contributed by atoms with Crippen molar-refractivity contribution in [1.82, 2.24) is 10.6 Å². The fourth-order valence-corrected chi connectivity index (χ4v) is 9.22. The lowest BCUT2D eigenvalue weighted by atomic mass is 10.1. The highest BCUT2D eigenvalue weighted by Gasteiger charge is 2.40. The molecule has 0 aliphatic rings. The first-order chi connectivity index (χ1) is 18.3. The van der Waals surface area contributed by atoms with Crippen molar-refractivity contribution in [3.63, 3.8) is 0 Å². The van der Waals surface area contributed by atoms with Crippen molar-refractivity contribution in [2.24, 2.45) is 0 Å². The van der Waals surface area contributed by atoms with Crippen molar-refractivity contribution in [2.45, 2.75) is 66.5 Å². The largest absolute Gasteiger partial charge is 0.500 e. The molecule has 2 amide bonds. The Bertz CT molecular complexity index is 699. The van der Waals surface area contributed by atoms with Gasteiger partial charge in [0.15, 0.2) is 0 Å². The number of hydrogen-bond donors (Lipinski definition) is 2. The molecule has 218 valence electrons. The van der Waals surface area contributed by atoms with Crippen molar-refractivity contribution < 1.29 is 36.1 Å². The van der Waals surface area contributed by atoms with Crippen LogP contribution < -0.4 is 10.6 Å². The number of hydrogen-bond acceptors (Lipinski definition) is 8. The summed E-state index contributed by atoms with van der Waals surface area (Å²) in [5.41, 5.74) is 0.982. The van der Waals surface area contributed by atoms with Crippen LogP contribution >= 0.6 is 0 Å². The predicted octanol–water partition coefficient (Wildman–Crippen LogP) is 4.02. The van der Waals surface area contributed by atoms with E-state index in [1.54, 1.807) is 24.3 Å². The molecule has 0 aromatic heterocycles. The van der Waals surface area contributed by atoms with E-state index >= 15 is 0 Å².